The first-order chi connectivity index (χ1) is 8.69. The van der Waals surface area contributed by atoms with E-state index in [-0.39, 0.29) is 6.04 Å². The number of hydrogen-bond donors (Lipinski definition) is 1. The number of nitrogens with zero attached hydrogens (tertiary/aromatic N) is 1. The zero-order valence-electron chi connectivity index (χ0n) is 13.2. The summed E-state index contributed by atoms with van der Waals surface area (Å²) >= 11 is 0. The first-order valence-corrected chi connectivity index (χ1v) is 7.11. The molecule has 1 unspecified atom stereocenters. The lowest BCUT2D eigenvalue weighted by Gasteiger charge is -2.13. The molecule has 0 saturated carbocycles. The van der Waals surface area contributed by atoms with Gasteiger partial charge in [-0.3, -0.25) is 0 Å². The Morgan fingerprint density at radius 1 is 1.28 bits per heavy atom. The fourth-order valence-electron chi connectivity index (χ4n) is 1.81. The molecule has 0 bridgehead atoms. The number of likely N-dealkylation sites (N-methyl/N-ethyl adjacent to an activating group) is 1. The van der Waals surface area contributed by atoms with Gasteiger partial charge < -0.3 is 10.6 Å². The molecule has 0 aromatic heterocycles. The SMILES string of the molecule is C=CC1=C(/C=C\C)C(N)CCN(C)C1.CC.CC. The van der Waals surface area contributed by atoms with E-state index in [1.807, 2.05) is 46.8 Å². The van der Waals surface area contributed by atoms with Crippen LogP contribution in [0.1, 0.15) is 41.0 Å². The second-order valence-electron chi connectivity index (χ2n) is 3.82. The Morgan fingerprint density at radius 2 is 1.83 bits per heavy atom. The van der Waals surface area contributed by atoms with Crippen molar-refractivity contribution in [2.45, 2.75) is 47.1 Å². The quantitative estimate of drug-likeness (QED) is 0.811. The van der Waals surface area contributed by atoms with Crippen LogP contribution in [0.15, 0.2) is 36.0 Å². The van der Waals surface area contributed by atoms with Crippen molar-refractivity contribution in [2.24, 2.45) is 5.73 Å². The van der Waals surface area contributed by atoms with Gasteiger partial charge in [0.15, 0.2) is 0 Å². The van der Waals surface area contributed by atoms with Gasteiger partial charge in [-0.2, -0.15) is 0 Å². The van der Waals surface area contributed by atoms with Crippen LogP contribution in [-0.2, 0) is 0 Å². The topological polar surface area (TPSA) is 29.3 Å². The molecule has 1 heterocycles. The highest BCUT2D eigenvalue weighted by Crippen LogP contribution is 2.18. The minimum atomic E-state index is 0.157. The summed E-state index contributed by atoms with van der Waals surface area (Å²) in [5.41, 5.74) is 8.61. The highest BCUT2D eigenvalue weighted by molar-refractivity contribution is 5.37. The lowest BCUT2D eigenvalue weighted by molar-refractivity contribution is 0.362. The van der Waals surface area contributed by atoms with Crippen molar-refractivity contribution in [1.29, 1.82) is 0 Å². The molecule has 0 saturated heterocycles. The third-order valence-corrected chi connectivity index (χ3v) is 2.62. The summed E-state index contributed by atoms with van der Waals surface area (Å²) in [4.78, 5) is 2.29. The summed E-state index contributed by atoms with van der Waals surface area (Å²) in [6, 6.07) is 0.157. The molecule has 0 radical (unpaired) electrons. The zero-order chi connectivity index (χ0) is 14.6. The third-order valence-electron chi connectivity index (χ3n) is 2.62. The third kappa shape index (κ3) is 6.77. The van der Waals surface area contributed by atoms with Gasteiger partial charge in [0.1, 0.15) is 0 Å². The molecule has 0 amide bonds. The van der Waals surface area contributed by atoms with Crippen molar-refractivity contribution in [3.63, 3.8) is 0 Å². The number of allylic oxidation sites excluding steroid dienone is 1. The maximum absolute atomic E-state index is 6.11. The second-order valence-corrected chi connectivity index (χ2v) is 3.82. The van der Waals surface area contributed by atoms with E-state index in [1.54, 1.807) is 0 Å². The Morgan fingerprint density at radius 3 is 2.28 bits per heavy atom. The Bertz CT molecular complexity index is 264. The second kappa shape index (κ2) is 12.6. The van der Waals surface area contributed by atoms with Crippen molar-refractivity contribution in [3.8, 4) is 0 Å². The smallest absolute Gasteiger partial charge is 0.0310 e. The maximum atomic E-state index is 6.11. The van der Waals surface area contributed by atoms with Gasteiger partial charge in [0.25, 0.3) is 0 Å². The molecule has 18 heavy (non-hydrogen) atoms. The highest BCUT2D eigenvalue weighted by atomic mass is 15.1. The Kier molecular flexibility index (Phi) is 13.6. The number of rotatable bonds is 2. The first-order valence-electron chi connectivity index (χ1n) is 7.11. The minimum Gasteiger partial charge on any atom is -0.324 e. The molecule has 0 aromatic carbocycles. The summed E-state index contributed by atoms with van der Waals surface area (Å²) in [5, 5.41) is 0. The average molecular weight is 252 g/mol. The van der Waals surface area contributed by atoms with Crippen LogP contribution < -0.4 is 5.73 Å². The molecule has 2 nitrogen and oxygen atoms in total. The van der Waals surface area contributed by atoms with Crippen LogP contribution in [0.3, 0.4) is 0 Å². The van der Waals surface area contributed by atoms with Crippen LogP contribution in [0.5, 0.6) is 0 Å². The van der Waals surface area contributed by atoms with E-state index < -0.39 is 0 Å². The summed E-state index contributed by atoms with van der Waals surface area (Å²) in [7, 11) is 2.12. The Hall–Kier alpha value is -0.860. The number of nitrogens with two attached hydrogens (primary N) is 1. The van der Waals surface area contributed by atoms with E-state index in [1.165, 1.54) is 11.1 Å². The molecule has 0 aromatic rings. The van der Waals surface area contributed by atoms with Gasteiger partial charge in [-0.05, 0) is 38.1 Å². The lowest BCUT2D eigenvalue weighted by atomic mass is 9.99. The van der Waals surface area contributed by atoms with Gasteiger partial charge >= 0.3 is 0 Å². The molecule has 1 atom stereocenters. The zero-order valence-corrected chi connectivity index (χ0v) is 13.2. The average Bonchev–Trinajstić information content (AvgIpc) is 2.56. The summed E-state index contributed by atoms with van der Waals surface area (Å²) in [6.07, 6.45) is 7.11. The molecule has 1 aliphatic rings. The van der Waals surface area contributed by atoms with Crippen LogP contribution in [0.25, 0.3) is 0 Å². The summed E-state index contributed by atoms with van der Waals surface area (Å²) in [5.74, 6) is 0. The molecule has 106 valence electrons. The molecule has 2 N–H and O–H groups in total. The van der Waals surface area contributed by atoms with Crippen molar-refractivity contribution < 1.29 is 0 Å². The summed E-state index contributed by atoms with van der Waals surface area (Å²) in [6.45, 7) is 15.9. The first kappa shape index (κ1) is 19.5. The van der Waals surface area contributed by atoms with Gasteiger partial charge in [-0.15, -0.1) is 0 Å². The Labute approximate surface area is 114 Å². The molecule has 1 rings (SSSR count). The molecular weight excluding hydrogens is 220 g/mol. The van der Waals surface area contributed by atoms with Gasteiger partial charge in [0, 0.05) is 12.6 Å². The van der Waals surface area contributed by atoms with E-state index in [0.717, 1.165) is 19.5 Å². The lowest BCUT2D eigenvalue weighted by Crippen LogP contribution is -2.25. The molecule has 0 aliphatic carbocycles. The van der Waals surface area contributed by atoms with E-state index in [2.05, 4.69) is 24.6 Å². The van der Waals surface area contributed by atoms with E-state index in [4.69, 9.17) is 5.73 Å². The van der Waals surface area contributed by atoms with Crippen molar-refractivity contribution in [1.82, 2.24) is 4.90 Å². The molecule has 2 heteroatoms. The van der Waals surface area contributed by atoms with Crippen LogP contribution in [0, 0.1) is 0 Å². The van der Waals surface area contributed by atoms with Gasteiger partial charge in [0.05, 0.1) is 0 Å². The fraction of sp³-hybridized carbons (Fsp3) is 0.625. The molecular formula is C16H32N2. The van der Waals surface area contributed by atoms with Gasteiger partial charge in [-0.25, -0.2) is 0 Å². The maximum Gasteiger partial charge on any atom is 0.0310 e. The number of hydrogen-bond acceptors (Lipinski definition) is 2. The van der Waals surface area contributed by atoms with Crippen LogP contribution in [0.2, 0.25) is 0 Å². The van der Waals surface area contributed by atoms with E-state index in [0.29, 0.717) is 0 Å². The standard InChI is InChI=1S/C12H20N2.2C2H6/c1-4-6-11-10(5-2)9-14(3)8-7-12(11)13;2*1-2/h4-6,12H,2,7-9,13H2,1,3H3;2*1-2H3/b6-4-;;. The van der Waals surface area contributed by atoms with Gasteiger partial charge in [0.2, 0.25) is 0 Å². The van der Waals surface area contributed by atoms with E-state index in [9.17, 15) is 0 Å². The largest absolute Gasteiger partial charge is 0.324 e. The van der Waals surface area contributed by atoms with Crippen LogP contribution in [-0.4, -0.2) is 31.1 Å². The highest BCUT2D eigenvalue weighted by Gasteiger charge is 2.16. The van der Waals surface area contributed by atoms with Crippen molar-refractivity contribution in [3.05, 3.63) is 36.0 Å². The van der Waals surface area contributed by atoms with Crippen LogP contribution in [0.4, 0.5) is 0 Å². The Balaban J connectivity index is 0. The predicted octanol–water partition coefficient (Wildman–Crippen LogP) is 3.76. The van der Waals surface area contributed by atoms with Crippen molar-refractivity contribution in [2.75, 3.05) is 20.1 Å². The molecule has 1 aliphatic heterocycles. The van der Waals surface area contributed by atoms with E-state index >= 15 is 0 Å². The van der Waals surface area contributed by atoms with Crippen LogP contribution >= 0.6 is 0 Å². The normalized spacial score (nSPS) is 20.5. The van der Waals surface area contributed by atoms with Gasteiger partial charge in [-0.1, -0.05) is 52.5 Å². The molecule has 0 fully saturated rings. The predicted molar refractivity (Wildman–Crippen MR) is 84.8 cm³/mol. The van der Waals surface area contributed by atoms with Crippen molar-refractivity contribution >= 4 is 0 Å². The fourth-order valence-corrected chi connectivity index (χ4v) is 1.81. The monoisotopic (exact) mass is 252 g/mol. The molecule has 0 spiro atoms. The summed E-state index contributed by atoms with van der Waals surface area (Å²) < 4.78 is 0. The minimum absolute atomic E-state index is 0.157.